The van der Waals surface area contributed by atoms with Gasteiger partial charge in [-0.2, -0.15) is 5.10 Å². The molecule has 1 aromatic heterocycles. The Bertz CT molecular complexity index is 1030. The molecule has 3 aromatic rings. The molecule has 27 heavy (non-hydrogen) atoms. The van der Waals surface area contributed by atoms with Crippen LogP contribution in [-0.4, -0.2) is 26.6 Å². The van der Waals surface area contributed by atoms with Crippen LogP contribution in [0.1, 0.15) is 37.4 Å². The van der Waals surface area contributed by atoms with Crippen molar-refractivity contribution in [2.24, 2.45) is 11.0 Å². The van der Waals surface area contributed by atoms with E-state index in [1.165, 1.54) is 12.1 Å². The zero-order chi connectivity index (χ0) is 19.0. The molecule has 0 aliphatic carbocycles. The van der Waals surface area contributed by atoms with Crippen LogP contribution in [0.15, 0.2) is 60.0 Å². The van der Waals surface area contributed by atoms with Crippen LogP contribution >= 0.6 is 0 Å². The lowest BCUT2D eigenvalue weighted by atomic mass is 9.97. The first kappa shape index (κ1) is 17.3. The van der Waals surface area contributed by atoms with Gasteiger partial charge in [-0.15, -0.1) is 0 Å². The van der Waals surface area contributed by atoms with Crippen molar-refractivity contribution in [1.82, 2.24) is 15.0 Å². The van der Waals surface area contributed by atoms with Crippen LogP contribution in [0.5, 0.6) is 0 Å². The quantitative estimate of drug-likeness (QED) is 0.705. The summed E-state index contributed by atoms with van der Waals surface area (Å²) in [5.74, 6) is -0.516. The highest BCUT2D eigenvalue weighted by Gasteiger charge is 2.34. The van der Waals surface area contributed by atoms with Gasteiger partial charge in [-0.3, -0.25) is 14.8 Å². The number of hydrazone groups is 1. The molecule has 0 fully saturated rings. The van der Waals surface area contributed by atoms with Gasteiger partial charge in [-0.1, -0.05) is 32.0 Å². The van der Waals surface area contributed by atoms with Gasteiger partial charge in [-0.05, 0) is 35.4 Å². The van der Waals surface area contributed by atoms with Crippen molar-refractivity contribution < 1.29 is 9.18 Å². The number of carbonyl (C=O) groups is 1. The van der Waals surface area contributed by atoms with Gasteiger partial charge in [0.05, 0.1) is 22.8 Å². The van der Waals surface area contributed by atoms with Crippen molar-refractivity contribution in [1.29, 1.82) is 0 Å². The second-order valence-corrected chi connectivity index (χ2v) is 6.92. The molecule has 1 amide bonds. The zero-order valence-corrected chi connectivity index (χ0v) is 15.1. The van der Waals surface area contributed by atoms with E-state index in [1.54, 1.807) is 29.5 Å². The third-order valence-corrected chi connectivity index (χ3v) is 4.69. The summed E-state index contributed by atoms with van der Waals surface area (Å²) < 4.78 is 13.3. The molecule has 1 aliphatic heterocycles. The molecule has 0 spiro atoms. The van der Waals surface area contributed by atoms with Gasteiger partial charge in [0.15, 0.2) is 0 Å². The summed E-state index contributed by atoms with van der Waals surface area (Å²) in [6.45, 7) is 3.72. The van der Waals surface area contributed by atoms with Crippen molar-refractivity contribution in [3.05, 3.63) is 71.8 Å². The first-order chi connectivity index (χ1) is 13.0. The maximum Gasteiger partial charge on any atom is 0.245 e. The number of rotatable bonds is 3. The lowest BCUT2D eigenvalue weighted by molar-refractivity contribution is -0.136. The second kappa shape index (κ2) is 6.87. The topological polar surface area (TPSA) is 58.5 Å². The summed E-state index contributed by atoms with van der Waals surface area (Å²) >= 11 is 0. The fraction of sp³-hybridized carbons (Fsp3) is 0.238. The normalized spacial score (nSPS) is 16.8. The molecule has 2 heterocycles. The number of amides is 1. The molecule has 0 saturated carbocycles. The smallest absolute Gasteiger partial charge is 0.245 e. The van der Waals surface area contributed by atoms with E-state index in [4.69, 9.17) is 0 Å². The molecule has 2 aromatic carbocycles. The summed E-state index contributed by atoms with van der Waals surface area (Å²) in [7, 11) is 0. The second-order valence-electron chi connectivity index (χ2n) is 6.92. The average molecular weight is 362 g/mol. The predicted molar refractivity (Wildman–Crippen MR) is 102 cm³/mol. The molecule has 136 valence electrons. The van der Waals surface area contributed by atoms with Crippen LogP contribution in [0.2, 0.25) is 0 Å². The van der Waals surface area contributed by atoms with Gasteiger partial charge in [0.2, 0.25) is 5.91 Å². The largest absolute Gasteiger partial charge is 0.273 e. The van der Waals surface area contributed by atoms with Crippen molar-refractivity contribution in [2.45, 2.75) is 26.3 Å². The van der Waals surface area contributed by atoms with Crippen LogP contribution in [-0.2, 0) is 4.79 Å². The average Bonchev–Trinajstić information content (AvgIpc) is 3.12. The number of aromatic nitrogens is 2. The summed E-state index contributed by atoms with van der Waals surface area (Å²) in [5.41, 5.74) is 4.13. The summed E-state index contributed by atoms with van der Waals surface area (Å²) in [4.78, 5) is 21.4. The number of nitrogens with zero attached hydrogens (tertiary/aromatic N) is 4. The SMILES string of the molecule is CC(C)C(=O)N1N=C(c2ccc(F)cc2)C[C@@H]1c1ccc2nccnc2c1. The number of hydrogen-bond acceptors (Lipinski definition) is 4. The highest BCUT2D eigenvalue weighted by Crippen LogP contribution is 2.34. The standard InChI is InChI=1S/C21H19FN4O/c1-13(2)21(27)26-20(12-18(25-26)14-3-6-16(22)7-4-14)15-5-8-17-19(11-15)24-10-9-23-17/h3-11,13,20H,12H2,1-2H3/t20-/m1/s1. The van der Waals surface area contributed by atoms with E-state index in [0.29, 0.717) is 6.42 Å². The Balaban J connectivity index is 1.73. The van der Waals surface area contributed by atoms with Crippen LogP contribution < -0.4 is 0 Å². The maximum atomic E-state index is 13.3. The van der Waals surface area contributed by atoms with E-state index in [2.05, 4.69) is 15.1 Å². The third-order valence-electron chi connectivity index (χ3n) is 4.69. The minimum atomic E-state index is -0.294. The Morgan fingerprint density at radius 2 is 1.78 bits per heavy atom. The Kier molecular flexibility index (Phi) is 4.39. The Labute approximate surface area is 156 Å². The maximum absolute atomic E-state index is 13.3. The number of halogens is 1. The first-order valence-corrected chi connectivity index (χ1v) is 8.90. The molecular weight excluding hydrogens is 343 g/mol. The van der Waals surface area contributed by atoms with Gasteiger partial charge in [0, 0.05) is 24.7 Å². The van der Waals surface area contributed by atoms with Gasteiger partial charge in [-0.25, -0.2) is 9.40 Å². The molecule has 4 rings (SSSR count). The molecule has 6 heteroatoms. The first-order valence-electron chi connectivity index (χ1n) is 8.90. The van der Waals surface area contributed by atoms with Crippen molar-refractivity contribution >= 4 is 22.7 Å². The van der Waals surface area contributed by atoms with Crippen molar-refractivity contribution in [3.8, 4) is 0 Å². The van der Waals surface area contributed by atoms with Crippen molar-refractivity contribution in [2.75, 3.05) is 0 Å². The molecule has 0 N–H and O–H groups in total. The van der Waals surface area contributed by atoms with E-state index in [-0.39, 0.29) is 23.7 Å². The molecule has 1 atom stereocenters. The van der Waals surface area contributed by atoms with Crippen LogP contribution in [0.25, 0.3) is 11.0 Å². The number of fused-ring (bicyclic) bond motifs is 1. The Hall–Kier alpha value is -3.15. The van der Waals surface area contributed by atoms with E-state index in [0.717, 1.165) is 27.9 Å². The van der Waals surface area contributed by atoms with Crippen molar-refractivity contribution in [3.63, 3.8) is 0 Å². The summed E-state index contributed by atoms with van der Waals surface area (Å²) in [6, 6.07) is 11.8. The van der Waals surface area contributed by atoms with Gasteiger partial charge < -0.3 is 0 Å². The number of hydrogen-bond donors (Lipinski definition) is 0. The number of carbonyl (C=O) groups excluding carboxylic acids is 1. The van der Waals surface area contributed by atoms with E-state index in [1.807, 2.05) is 32.0 Å². The molecule has 1 aliphatic rings. The van der Waals surface area contributed by atoms with Gasteiger partial charge in [0.25, 0.3) is 0 Å². The molecule has 0 bridgehead atoms. The Morgan fingerprint density at radius 1 is 1.07 bits per heavy atom. The number of benzene rings is 2. The van der Waals surface area contributed by atoms with Gasteiger partial charge >= 0.3 is 0 Å². The fourth-order valence-electron chi connectivity index (χ4n) is 3.24. The molecular formula is C21H19FN4O. The lowest BCUT2D eigenvalue weighted by Crippen LogP contribution is -2.30. The minimum absolute atomic E-state index is 0.0450. The summed E-state index contributed by atoms with van der Waals surface area (Å²) in [5, 5.41) is 6.15. The molecule has 0 unspecified atom stereocenters. The monoisotopic (exact) mass is 362 g/mol. The lowest BCUT2D eigenvalue weighted by Gasteiger charge is -2.23. The van der Waals surface area contributed by atoms with Crippen LogP contribution in [0, 0.1) is 11.7 Å². The van der Waals surface area contributed by atoms with E-state index < -0.39 is 0 Å². The fourth-order valence-corrected chi connectivity index (χ4v) is 3.24. The molecule has 0 radical (unpaired) electrons. The Morgan fingerprint density at radius 3 is 2.48 bits per heavy atom. The van der Waals surface area contributed by atoms with E-state index >= 15 is 0 Å². The van der Waals surface area contributed by atoms with Crippen LogP contribution in [0.3, 0.4) is 0 Å². The van der Waals surface area contributed by atoms with Crippen LogP contribution in [0.4, 0.5) is 4.39 Å². The molecule has 0 saturated heterocycles. The highest BCUT2D eigenvalue weighted by molar-refractivity contribution is 6.03. The third kappa shape index (κ3) is 3.30. The van der Waals surface area contributed by atoms with Gasteiger partial charge in [0.1, 0.15) is 5.82 Å². The predicted octanol–water partition coefficient (Wildman–Crippen LogP) is 4.10. The summed E-state index contributed by atoms with van der Waals surface area (Å²) in [6.07, 6.45) is 3.87. The molecule has 5 nitrogen and oxygen atoms in total. The highest BCUT2D eigenvalue weighted by atomic mass is 19.1. The zero-order valence-electron chi connectivity index (χ0n) is 15.1. The minimum Gasteiger partial charge on any atom is -0.273 e. The van der Waals surface area contributed by atoms with E-state index in [9.17, 15) is 9.18 Å².